The first-order valence-corrected chi connectivity index (χ1v) is 19.9. The van der Waals surface area contributed by atoms with Crippen LogP contribution in [-0.2, 0) is 39.5 Å². The second kappa shape index (κ2) is 14.0. The molecule has 0 saturated carbocycles. The third-order valence-corrected chi connectivity index (χ3v) is 9.68. The zero-order valence-electron chi connectivity index (χ0n) is 25.8. The molecule has 4 unspecified atom stereocenters. The predicted molar refractivity (Wildman–Crippen MR) is 170 cm³/mol. The van der Waals surface area contributed by atoms with Gasteiger partial charge in [-0.05, 0) is 0 Å². The van der Waals surface area contributed by atoms with Crippen LogP contribution in [0.4, 0.5) is 11.9 Å². The van der Waals surface area contributed by atoms with Crippen molar-refractivity contribution in [3.8, 4) is 0 Å². The molecule has 0 aromatic carbocycles. The van der Waals surface area contributed by atoms with Gasteiger partial charge in [-0.1, -0.05) is 9.46 Å². The Hall–Kier alpha value is -3.51. The molecule has 4 aromatic rings. The van der Waals surface area contributed by atoms with Crippen molar-refractivity contribution in [1.82, 2.24) is 38.5 Å². The van der Waals surface area contributed by atoms with Crippen molar-refractivity contribution in [2.75, 3.05) is 24.7 Å². The highest BCUT2D eigenvalue weighted by molar-refractivity contribution is 8.07. The van der Waals surface area contributed by atoms with Gasteiger partial charge in [0, 0.05) is 11.8 Å². The van der Waals surface area contributed by atoms with E-state index in [1.165, 1.54) is 0 Å². The smallest absolute Gasteiger partial charge is 0.387 e. The molecule has 0 amide bonds. The van der Waals surface area contributed by atoms with Gasteiger partial charge in [-0.3, -0.25) is 27.8 Å². The molecule has 2 saturated heterocycles. The molecular formula is C20H27N10O19P3S. The van der Waals surface area contributed by atoms with E-state index in [1.807, 2.05) is 0 Å². The number of nitrogens with two attached hydrogens (primary N) is 2. The Balaban J connectivity index is 1.23. The predicted octanol–water partition coefficient (Wildman–Crippen LogP) is -6.10. The Morgan fingerprint density at radius 3 is 1.40 bits per heavy atom. The average Bonchev–Trinajstić information content (AvgIpc) is 3.80. The van der Waals surface area contributed by atoms with Crippen molar-refractivity contribution in [2.24, 2.45) is 0 Å². The van der Waals surface area contributed by atoms with Crippen LogP contribution < -0.4 is 31.8 Å². The third kappa shape index (κ3) is 7.72. The van der Waals surface area contributed by atoms with Crippen LogP contribution in [0.25, 0.3) is 22.3 Å². The van der Waals surface area contributed by atoms with Crippen molar-refractivity contribution < 1.29 is 81.8 Å². The van der Waals surface area contributed by atoms with Gasteiger partial charge in [-0.15, -0.1) is 0 Å². The lowest BCUT2D eigenvalue weighted by molar-refractivity contribution is -0.0504. The molecule has 2 aliphatic rings. The summed E-state index contributed by atoms with van der Waals surface area (Å²) < 4.78 is 54.2. The highest BCUT2D eigenvalue weighted by Crippen LogP contribution is 2.41. The van der Waals surface area contributed by atoms with E-state index in [1.54, 1.807) is 0 Å². The fourth-order valence-corrected chi connectivity index (χ4v) is 7.07. The number of ether oxygens (including phenoxy) is 2. The minimum absolute atomic E-state index is 0.163. The summed E-state index contributed by atoms with van der Waals surface area (Å²) in [6, 6.07) is 0. The second-order valence-corrected chi connectivity index (χ2v) is 16.2. The Labute approximate surface area is 295 Å². The minimum atomic E-state index is -4.97. The molecule has 6 rings (SSSR count). The van der Waals surface area contributed by atoms with Crippen LogP contribution in [0, 0.1) is 0 Å². The van der Waals surface area contributed by atoms with Crippen LogP contribution in [0.1, 0.15) is 12.5 Å². The normalized spacial score (nSPS) is 27.8. The first-order valence-electron chi connectivity index (χ1n) is 14.2. The third-order valence-electron chi connectivity index (χ3n) is 7.57. The Morgan fingerprint density at radius 1 is 0.698 bits per heavy atom. The van der Waals surface area contributed by atoms with E-state index in [0.717, 1.165) is 21.8 Å². The molecule has 53 heavy (non-hydrogen) atoms. The fraction of sp³-hybridized carbons (Fsp3) is 0.500. The zero-order chi connectivity index (χ0) is 38.9. The molecule has 6 heterocycles. The van der Waals surface area contributed by atoms with Gasteiger partial charge in [0.2, 0.25) is 11.9 Å². The van der Waals surface area contributed by atoms with Gasteiger partial charge in [0.05, 0.1) is 25.9 Å². The first-order chi connectivity index (χ1) is 24.6. The number of rotatable bonds is 12. The van der Waals surface area contributed by atoms with Crippen molar-refractivity contribution in [2.45, 2.75) is 49.1 Å². The summed E-state index contributed by atoms with van der Waals surface area (Å²) in [7, 11) is -9.93. The number of fused-ring (bicyclic) bond motifs is 2. The Morgan fingerprint density at radius 2 is 1.06 bits per heavy atom. The number of hydrogen-bond acceptors (Lipinski definition) is 21. The molecule has 0 radical (unpaired) electrons. The molecule has 8 atom stereocenters. The molecule has 2 fully saturated rings. The van der Waals surface area contributed by atoms with Gasteiger partial charge >= 0.3 is 33.5 Å². The quantitative estimate of drug-likeness (QED) is 0.0591. The van der Waals surface area contributed by atoms with Crippen molar-refractivity contribution in [1.29, 1.82) is 0 Å². The summed E-state index contributed by atoms with van der Waals surface area (Å²) in [5.41, 5.74) is 7.55. The molecule has 33 heteroatoms. The van der Waals surface area contributed by atoms with Crippen LogP contribution in [0.5, 0.6) is 0 Å². The Kier molecular flexibility index (Phi) is 10.3. The van der Waals surface area contributed by atoms with Gasteiger partial charge in [0.15, 0.2) is 34.8 Å². The number of nitrogen functional groups attached to an aromatic ring is 2. The summed E-state index contributed by atoms with van der Waals surface area (Å²) in [6.07, 6.45) is -11.0. The lowest BCUT2D eigenvalue weighted by Crippen LogP contribution is -2.35. The first kappa shape index (κ1) is 39.2. The largest absolute Gasteiger partial charge is 0.471 e. The van der Waals surface area contributed by atoms with Crippen LogP contribution in [0.15, 0.2) is 22.2 Å². The number of nitrogens with zero attached hydrogens (tertiary/aromatic N) is 8. The van der Waals surface area contributed by atoms with Gasteiger partial charge in [0.25, 0.3) is 0 Å². The van der Waals surface area contributed by atoms with Gasteiger partial charge < -0.3 is 75.1 Å². The van der Waals surface area contributed by atoms with E-state index in [-0.39, 0.29) is 20.8 Å². The van der Waals surface area contributed by atoms with Crippen molar-refractivity contribution >= 4 is 68.4 Å². The van der Waals surface area contributed by atoms with E-state index >= 15 is 0 Å². The van der Waals surface area contributed by atoms with Gasteiger partial charge in [-0.25, -0.2) is 19.1 Å². The number of imidazole rings is 2. The Bertz CT molecular complexity index is 2170. The van der Waals surface area contributed by atoms with E-state index in [2.05, 4.69) is 29.0 Å². The van der Waals surface area contributed by atoms with Crippen molar-refractivity contribution in [3.05, 3.63) is 33.4 Å². The number of phosphoric acid groups is 2. The van der Waals surface area contributed by atoms with Crippen LogP contribution in [0.3, 0.4) is 0 Å². The summed E-state index contributed by atoms with van der Waals surface area (Å²) in [5, 5.41) is 41.6. The van der Waals surface area contributed by atoms with Gasteiger partial charge in [-0.2, -0.15) is 9.97 Å². The van der Waals surface area contributed by atoms with E-state index in [9.17, 15) is 44.0 Å². The molecule has 0 spiro atoms. The number of phosphoric ester groups is 2. The minimum Gasteiger partial charge on any atom is -0.387 e. The number of aliphatic hydroxyl groups excluding tert-OH is 4. The molecule has 292 valence electrons. The van der Waals surface area contributed by atoms with E-state index in [0.29, 0.717) is 0 Å². The molecule has 4 aromatic heterocycles. The summed E-state index contributed by atoms with van der Waals surface area (Å²) in [4.78, 5) is 88.8. The number of hydrogen-bond donors (Lipinski definition) is 11. The maximum absolute atomic E-state index is 13.3. The molecule has 29 nitrogen and oxygen atoms in total. The fourth-order valence-electron chi connectivity index (χ4n) is 5.23. The van der Waals surface area contributed by atoms with Crippen LogP contribution in [0.2, 0.25) is 0 Å². The van der Waals surface area contributed by atoms with Crippen LogP contribution >= 0.6 is 22.4 Å². The average molecular weight is 836 g/mol. The van der Waals surface area contributed by atoms with E-state index in [4.69, 9.17) is 61.6 Å². The summed E-state index contributed by atoms with van der Waals surface area (Å²) in [5.74, 6) is -1.61. The molecule has 0 bridgehead atoms. The molecule has 0 aliphatic carbocycles. The highest BCUT2D eigenvalue weighted by Gasteiger charge is 2.47. The lowest BCUT2D eigenvalue weighted by Gasteiger charge is -2.20. The molecule has 13 N–H and O–H groups in total. The maximum Gasteiger partial charge on any atom is 0.471 e. The molecular weight excluding hydrogens is 809 g/mol. The number of aliphatic hydroxyl groups is 4. The maximum atomic E-state index is 13.3. The van der Waals surface area contributed by atoms with Gasteiger partial charge in [0.1, 0.15) is 36.6 Å². The van der Waals surface area contributed by atoms with E-state index < -0.39 is 119 Å². The summed E-state index contributed by atoms with van der Waals surface area (Å²) >= 11 is 4.95. The summed E-state index contributed by atoms with van der Waals surface area (Å²) in [6.45, 7) is -6.48. The monoisotopic (exact) mass is 836 g/mol. The van der Waals surface area contributed by atoms with Crippen LogP contribution in [-0.4, -0.2) is 133 Å². The zero-order valence-corrected chi connectivity index (χ0v) is 29.3. The number of aromatic nitrogens is 8. The number of anilines is 2. The SMILES string of the molecule is Nc1nc2c(ncn2[C@@H]2O[C@H](COP(=O)(O)O)C(O)C2O)c(=O)n1OP(O)(=S)On1c(N)nc2c(ncn2[C@@H]2O[C@H](COP(=O)(O)O)C(O)C2O)c1=O. The highest BCUT2D eigenvalue weighted by atomic mass is 32.5. The lowest BCUT2D eigenvalue weighted by atomic mass is 10.1. The standard InChI is InChI=1S/C20H27N10O19P3S/c21-19-25-13-7(23-3-27(13)17-11(33)9(31)5(46-17)1-44-50(37,38)39)15(35)29(19)48-52(43,53)49-30-16(36)8-14(26-20(30)22)28(4-24-8)18-12(34)10(32)6(47-18)2-45-51(40,41)42/h3-6,9-12,17-18,31-34H,1-2H2,(H2,21,25)(H2,22,26)(H,43,53)(H2,37,38,39)(H2,40,41,42)/t5-,6-,9?,10?,11?,12?,17-,18-,52?/m1/s1. The van der Waals surface area contributed by atoms with Crippen molar-refractivity contribution in [3.63, 3.8) is 0 Å². The second-order valence-electron chi connectivity index (χ2n) is 11.1. The topological polar surface area (TPSA) is 429 Å². The molecule has 2 aliphatic heterocycles.